The number of hydrogen-bond acceptors (Lipinski definition) is 4. The molecule has 3 heterocycles. The highest BCUT2D eigenvalue weighted by atomic mass is 16.5. The van der Waals surface area contributed by atoms with Crippen molar-refractivity contribution in [2.45, 2.75) is 50.1 Å². The molecule has 0 amide bonds. The van der Waals surface area contributed by atoms with E-state index in [0.717, 1.165) is 19.2 Å². The Bertz CT molecular complexity index is 323. The van der Waals surface area contributed by atoms with Crippen LogP contribution in [-0.2, 0) is 4.74 Å². The van der Waals surface area contributed by atoms with E-state index in [2.05, 4.69) is 9.80 Å². The Balaban J connectivity index is 1.68. The average Bonchev–Trinajstić information content (AvgIpc) is 2.95. The van der Waals surface area contributed by atoms with Crippen molar-refractivity contribution < 1.29 is 4.74 Å². The third kappa shape index (κ3) is 2.76. The normalized spacial score (nSPS) is 39.9. The van der Waals surface area contributed by atoms with Gasteiger partial charge in [-0.15, -0.1) is 0 Å². The van der Waals surface area contributed by atoms with Crippen LogP contribution in [0.2, 0.25) is 0 Å². The van der Waals surface area contributed by atoms with Crippen molar-refractivity contribution in [1.82, 2.24) is 9.80 Å². The summed E-state index contributed by atoms with van der Waals surface area (Å²) in [6.45, 7) is 6.75. The van der Waals surface area contributed by atoms with Gasteiger partial charge in [0.25, 0.3) is 0 Å². The van der Waals surface area contributed by atoms with Crippen LogP contribution in [0.15, 0.2) is 0 Å². The molecule has 3 rings (SSSR count). The number of rotatable bonds is 4. The van der Waals surface area contributed by atoms with Crippen LogP contribution in [0, 0.1) is 5.92 Å². The maximum atomic E-state index is 6.28. The lowest BCUT2D eigenvalue weighted by Crippen LogP contribution is -2.63. The first kappa shape index (κ1) is 14.8. The smallest absolute Gasteiger partial charge is 0.0502 e. The van der Waals surface area contributed by atoms with Crippen LogP contribution in [0.4, 0.5) is 0 Å². The summed E-state index contributed by atoms with van der Waals surface area (Å²) in [5, 5.41) is 0. The van der Waals surface area contributed by atoms with Crippen molar-refractivity contribution in [3.63, 3.8) is 0 Å². The summed E-state index contributed by atoms with van der Waals surface area (Å²) in [6, 6.07) is 0.801. The fourth-order valence-corrected chi connectivity index (χ4v) is 4.78. The van der Waals surface area contributed by atoms with E-state index in [0.29, 0.717) is 5.92 Å². The molecular formula is C16H31N3O. The van der Waals surface area contributed by atoms with Crippen molar-refractivity contribution in [2.75, 3.05) is 46.4 Å². The summed E-state index contributed by atoms with van der Waals surface area (Å²) in [5.41, 5.74) is 6.56. The largest absolute Gasteiger partial charge is 0.384 e. The zero-order valence-electron chi connectivity index (χ0n) is 13.0. The predicted octanol–water partition coefficient (Wildman–Crippen LogP) is 1.30. The summed E-state index contributed by atoms with van der Waals surface area (Å²) in [6.07, 6.45) is 7.96. The van der Waals surface area contributed by atoms with Crippen LogP contribution in [0.5, 0.6) is 0 Å². The van der Waals surface area contributed by atoms with Gasteiger partial charge in [0.15, 0.2) is 0 Å². The molecule has 3 atom stereocenters. The van der Waals surface area contributed by atoms with Gasteiger partial charge in [0.1, 0.15) is 0 Å². The SMILES string of the molecule is COCC1CCCN(C2(CN)CCN3CCCC3C2)C1. The monoisotopic (exact) mass is 281 g/mol. The Morgan fingerprint density at radius 2 is 2.05 bits per heavy atom. The summed E-state index contributed by atoms with van der Waals surface area (Å²) in [7, 11) is 1.83. The molecule has 3 aliphatic heterocycles. The molecule has 0 bridgehead atoms. The van der Waals surface area contributed by atoms with E-state index in [9.17, 15) is 0 Å². The molecule has 3 aliphatic rings. The molecule has 116 valence electrons. The van der Waals surface area contributed by atoms with E-state index in [4.69, 9.17) is 10.5 Å². The molecule has 3 saturated heterocycles. The van der Waals surface area contributed by atoms with E-state index in [-0.39, 0.29) is 5.54 Å². The Kier molecular flexibility index (Phi) is 4.65. The second kappa shape index (κ2) is 6.30. The lowest BCUT2D eigenvalue weighted by Gasteiger charge is -2.52. The number of nitrogens with two attached hydrogens (primary N) is 1. The molecule has 3 unspecified atom stereocenters. The number of hydrogen-bond donors (Lipinski definition) is 1. The van der Waals surface area contributed by atoms with Gasteiger partial charge in [-0.25, -0.2) is 0 Å². The Hall–Kier alpha value is -0.160. The molecule has 0 aromatic carbocycles. The van der Waals surface area contributed by atoms with Gasteiger partial charge < -0.3 is 15.4 Å². The lowest BCUT2D eigenvalue weighted by atomic mass is 9.79. The van der Waals surface area contributed by atoms with Crippen LogP contribution in [-0.4, -0.2) is 67.8 Å². The third-order valence-corrected chi connectivity index (χ3v) is 5.95. The highest BCUT2D eigenvalue weighted by Crippen LogP contribution is 2.38. The summed E-state index contributed by atoms with van der Waals surface area (Å²) in [5.74, 6) is 0.707. The van der Waals surface area contributed by atoms with Crippen molar-refractivity contribution in [2.24, 2.45) is 11.7 Å². The first-order valence-electron chi connectivity index (χ1n) is 8.45. The maximum absolute atomic E-state index is 6.28. The minimum absolute atomic E-state index is 0.276. The molecule has 2 N–H and O–H groups in total. The van der Waals surface area contributed by atoms with Crippen LogP contribution in [0.25, 0.3) is 0 Å². The number of nitrogens with zero attached hydrogens (tertiary/aromatic N) is 2. The van der Waals surface area contributed by atoms with E-state index >= 15 is 0 Å². The molecule has 4 nitrogen and oxygen atoms in total. The molecule has 0 aromatic heterocycles. The van der Waals surface area contributed by atoms with E-state index in [1.807, 2.05) is 7.11 Å². The van der Waals surface area contributed by atoms with E-state index < -0.39 is 0 Å². The number of piperidine rings is 2. The van der Waals surface area contributed by atoms with E-state index in [1.165, 1.54) is 64.7 Å². The fourth-order valence-electron chi connectivity index (χ4n) is 4.78. The molecular weight excluding hydrogens is 250 g/mol. The van der Waals surface area contributed by atoms with Crippen LogP contribution in [0.3, 0.4) is 0 Å². The van der Waals surface area contributed by atoms with Gasteiger partial charge in [-0.2, -0.15) is 0 Å². The van der Waals surface area contributed by atoms with Gasteiger partial charge in [-0.05, 0) is 57.5 Å². The second-order valence-electron chi connectivity index (χ2n) is 7.12. The number of fused-ring (bicyclic) bond motifs is 1. The zero-order valence-corrected chi connectivity index (χ0v) is 13.0. The summed E-state index contributed by atoms with van der Waals surface area (Å²) in [4.78, 5) is 5.43. The number of ether oxygens (including phenoxy) is 1. The topological polar surface area (TPSA) is 41.7 Å². The van der Waals surface area contributed by atoms with Gasteiger partial charge in [-0.3, -0.25) is 4.90 Å². The Morgan fingerprint density at radius 1 is 1.20 bits per heavy atom. The lowest BCUT2D eigenvalue weighted by molar-refractivity contribution is -0.0243. The minimum atomic E-state index is 0.276. The van der Waals surface area contributed by atoms with Crippen molar-refractivity contribution >= 4 is 0 Å². The predicted molar refractivity (Wildman–Crippen MR) is 81.8 cm³/mol. The molecule has 0 aliphatic carbocycles. The maximum Gasteiger partial charge on any atom is 0.0502 e. The average molecular weight is 281 g/mol. The van der Waals surface area contributed by atoms with Crippen molar-refractivity contribution in [3.05, 3.63) is 0 Å². The van der Waals surface area contributed by atoms with Crippen LogP contribution < -0.4 is 5.73 Å². The quantitative estimate of drug-likeness (QED) is 0.843. The molecule has 20 heavy (non-hydrogen) atoms. The molecule has 0 aromatic rings. The highest BCUT2D eigenvalue weighted by Gasteiger charge is 2.45. The summed E-state index contributed by atoms with van der Waals surface area (Å²) >= 11 is 0. The molecule has 0 radical (unpaired) electrons. The third-order valence-electron chi connectivity index (χ3n) is 5.95. The standard InChI is InChI=1S/C16H31N3O/c1-20-12-14-4-2-8-19(11-14)16(13-17)6-9-18-7-3-5-15(18)10-16/h14-15H,2-13,17H2,1H3. The van der Waals surface area contributed by atoms with Gasteiger partial charge in [0, 0.05) is 38.3 Å². The molecule has 0 saturated carbocycles. The first-order valence-corrected chi connectivity index (χ1v) is 8.45. The highest BCUT2D eigenvalue weighted by molar-refractivity contribution is 5.02. The van der Waals surface area contributed by atoms with Gasteiger partial charge >= 0.3 is 0 Å². The van der Waals surface area contributed by atoms with Gasteiger partial charge in [0.05, 0.1) is 6.61 Å². The Morgan fingerprint density at radius 3 is 2.85 bits per heavy atom. The second-order valence-corrected chi connectivity index (χ2v) is 7.12. The van der Waals surface area contributed by atoms with Crippen molar-refractivity contribution in [3.8, 4) is 0 Å². The van der Waals surface area contributed by atoms with Gasteiger partial charge in [-0.1, -0.05) is 0 Å². The fraction of sp³-hybridized carbons (Fsp3) is 1.00. The molecule has 4 heteroatoms. The molecule has 3 fully saturated rings. The number of methoxy groups -OCH3 is 1. The van der Waals surface area contributed by atoms with Crippen LogP contribution in [0.1, 0.15) is 38.5 Å². The van der Waals surface area contributed by atoms with Gasteiger partial charge in [0.2, 0.25) is 0 Å². The Labute approximate surface area is 123 Å². The first-order chi connectivity index (χ1) is 9.77. The van der Waals surface area contributed by atoms with E-state index in [1.54, 1.807) is 0 Å². The minimum Gasteiger partial charge on any atom is -0.384 e. The molecule has 0 spiro atoms. The summed E-state index contributed by atoms with van der Waals surface area (Å²) < 4.78 is 5.39. The number of likely N-dealkylation sites (tertiary alicyclic amines) is 1. The van der Waals surface area contributed by atoms with Crippen molar-refractivity contribution in [1.29, 1.82) is 0 Å². The zero-order chi connectivity index (χ0) is 14.0. The van der Waals surface area contributed by atoms with Crippen LogP contribution >= 0.6 is 0 Å².